The minimum absolute atomic E-state index is 0.272. The zero-order valence-electron chi connectivity index (χ0n) is 7.27. The maximum Gasteiger partial charge on any atom is 0.0612 e. The highest BCUT2D eigenvalue weighted by Gasteiger charge is 2.04. The van der Waals surface area contributed by atoms with Gasteiger partial charge in [0.1, 0.15) is 0 Å². The number of hydrogen-bond donors (Lipinski definition) is 1. The van der Waals surface area contributed by atoms with Crippen LogP contribution in [0.3, 0.4) is 0 Å². The largest absolute Gasteiger partial charge is 0.393 e. The Morgan fingerprint density at radius 2 is 2.33 bits per heavy atom. The number of aliphatic hydroxyl groups is 1. The first-order chi connectivity index (χ1) is 5.83. The number of nitrogens with zero attached hydrogens (tertiary/aromatic N) is 2. The van der Waals surface area contributed by atoms with E-state index in [1.807, 2.05) is 0 Å². The van der Waals surface area contributed by atoms with Crippen LogP contribution in [0.5, 0.6) is 0 Å². The number of aliphatic hydroxyl groups excluding tert-OH is 1. The highest BCUT2D eigenvalue weighted by atomic mass is 16.3. The molecule has 1 aromatic heterocycles. The van der Waals surface area contributed by atoms with E-state index in [4.69, 9.17) is 0 Å². The van der Waals surface area contributed by atoms with Crippen molar-refractivity contribution in [3.05, 3.63) is 24.3 Å². The third kappa shape index (κ3) is 2.96. The van der Waals surface area contributed by atoms with Gasteiger partial charge in [-0.15, -0.1) is 0 Å². The third-order valence-electron chi connectivity index (χ3n) is 1.68. The van der Waals surface area contributed by atoms with Gasteiger partial charge in [0.2, 0.25) is 0 Å². The second-order valence-corrected chi connectivity index (χ2v) is 2.84. The Morgan fingerprint density at radius 1 is 1.50 bits per heavy atom. The minimum atomic E-state index is -0.272. The van der Waals surface area contributed by atoms with E-state index in [0.717, 1.165) is 18.5 Å². The van der Waals surface area contributed by atoms with Gasteiger partial charge in [0.15, 0.2) is 0 Å². The van der Waals surface area contributed by atoms with Gasteiger partial charge in [-0.1, -0.05) is 13.3 Å². The lowest BCUT2D eigenvalue weighted by Gasteiger charge is -2.06. The molecule has 3 nitrogen and oxygen atoms in total. The molecule has 1 N–H and O–H groups in total. The van der Waals surface area contributed by atoms with Crippen LogP contribution in [0.2, 0.25) is 0 Å². The van der Waals surface area contributed by atoms with Crippen molar-refractivity contribution in [2.24, 2.45) is 0 Å². The molecule has 3 heteroatoms. The van der Waals surface area contributed by atoms with Gasteiger partial charge in [0.25, 0.3) is 0 Å². The molecular formula is C9H14N2O. The van der Waals surface area contributed by atoms with Gasteiger partial charge in [-0.3, -0.25) is 9.97 Å². The van der Waals surface area contributed by atoms with E-state index in [2.05, 4.69) is 16.9 Å². The molecule has 0 saturated carbocycles. The van der Waals surface area contributed by atoms with Crippen molar-refractivity contribution in [2.75, 3.05) is 0 Å². The van der Waals surface area contributed by atoms with Gasteiger partial charge in [-0.05, 0) is 6.42 Å². The van der Waals surface area contributed by atoms with Crippen LogP contribution in [0, 0.1) is 0 Å². The summed E-state index contributed by atoms with van der Waals surface area (Å²) in [7, 11) is 0. The molecule has 0 fully saturated rings. The van der Waals surface area contributed by atoms with Gasteiger partial charge in [-0.25, -0.2) is 0 Å². The highest BCUT2D eigenvalue weighted by Crippen LogP contribution is 2.02. The lowest BCUT2D eigenvalue weighted by atomic mass is 10.1. The highest BCUT2D eigenvalue weighted by molar-refractivity contribution is 4.96. The molecule has 1 unspecified atom stereocenters. The van der Waals surface area contributed by atoms with Crippen LogP contribution in [-0.4, -0.2) is 21.2 Å². The van der Waals surface area contributed by atoms with Crippen molar-refractivity contribution in [1.82, 2.24) is 9.97 Å². The fourth-order valence-corrected chi connectivity index (χ4v) is 1.11. The van der Waals surface area contributed by atoms with E-state index >= 15 is 0 Å². The summed E-state index contributed by atoms with van der Waals surface area (Å²) < 4.78 is 0. The second-order valence-electron chi connectivity index (χ2n) is 2.84. The van der Waals surface area contributed by atoms with Gasteiger partial charge < -0.3 is 5.11 Å². The molecule has 0 aliphatic rings. The Bertz CT molecular complexity index is 213. The summed E-state index contributed by atoms with van der Waals surface area (Å²) in [5.74, 6) is 0. The third-order valence-corrected chi connectivity index (χ3v) is 1.68. The molecule has 0 saturated heterocycles. The molecule has 0 amide bonds. The number of aromatic nitrogens is 2. The molecule has 0 aliphatic carbocycles. The van der Waals surface area contributed by atoms with E-state index in [9.17, 15) is 5.11 Å². The topological polar surface area (TPSA) is 46.0 Å². The van der Waals surface area contributed by atoms with Crippen molar-refractivity contribution >= 4 is 0 Å². The second kappa shape index (κ2) is 4.83. The molecule has 0 spiro atoms. The summed E-state index contributed by atoms with van der Waals surface area (Å²) in [4.78, 5) is 8.00. The van der Waals surface area contributed by atoms with Crippen molar-refractivity contribution in [3.8, 4) is 0 Å². The first-order valence-corrected chi connectivity index (χ1v) is 4.26. The Balaban J connectivity index is 2.41. The zero-order chi connectivity index (χ0) is 8.81. The molecule has 12 heavy (non-hydrogen) atoms. The van der Waals surface area contributed by atoms with Crippen molar-refractivity contribution in [2.45, 2.75) is 32.3 Å². The normalized spacial score (nSPS) is 12.8. The van der Waals surface area contributed by atoms with Crippen LogP contribution < -0.4 is 0 Å². The monoisotopic (exact) mass is 166 g/mol. The summed E-state index contributed by atoms with van der Waals surface area (Å²) in [5, 5.41) is 9.43. The Morgan fingerprint density at radius 3 is 2.92 bits per heavy atom. The summed E-state index contributed by atoms with van der Waals surface area (Å²) in [6, 6.07) is 0. The van der Waals surface area contributed by atoms with Crippen LogP contribution in [0.15, 0.2) is 18.6 Å². The van der Waals surface area contributed by atoms with Crippen LogP contribution in [0.1, 0.15) is 25.5 Å². The summed E-state index contributed by atoms with van der Waals surface area (Å²) in [6.45, 7) is 2.06. The maximum atomic E-state index is 9.43. The lowest BCUT2D eigenvalue weighted by molar-refractivity contribution is 0.162. The molecule has 1 atom stereocenters. The predicted molar refractivity (Wildman–Crippen MR) is 46.7 cm³/mol. The predicted octanol–water partition coefficient (Wildman–Crippen LogP) is 1.18. The molecule has 1 rings (SSSR count). The van der Waals surface area contributed by atoms with E-state index < -0.39 is 0 Å². The average Bonchev–Trinajstić information content (AvgIpc) is 2.06. The summed E-state index contributed by atoms with van der Waals surface area (Å²) in [6.07, 6.45) is 7.15. The van der Waals surface area contributed by atoms with Gasteiger partial charge in [0.05, 0.1) is 11.8 Å². The standard InChI is InChI=1S/C9H14N2O/c1-2-3-9(12)6-8-7-10-4-5-11-8/h4-5,7,9,12H,2-3,6H2,1H3. The molecule has 0 bridgehead atoms. The van der Waals surface area contributed by atoms with E-state index in [-0.39, 0.29) is 6.10 Å². The van der Waals surface area contributed by atoms with Crippen LogP contribution in [-0.2, 0) is 6.42 Å². The Labute approximate surface area is 72.5 Å². The summed E-state index contributed by atoms with van der Waals surface area (Å²) >= 11 is 0. The first kappa shape index (κ1) is 9.13. The molecule has 1 heterocycles. The molecule has 0 radical (unpaired) electrons. The number of hydrogen-bond acceptors (Lipinski definition) is 3. The first-order valence-electron chi connectivity index (χ1n) is 4.26. The Kier molecular flexibility index (Phi) is 3.67. The van der Waals surface area contributed by atoms with E-state index in [1.54, 1.807) is 18.6 Å². The Hall–Kier alpha value is -0.960. The van der Waals surface area contributed by atoms with Crippen molar-refractivity contribution in [1.29, 1.82) is 0 Å². The minimum Gasteiger partial charge on any atom is -0.393 e. The molecule has 1 aromatic rings. The van der Waals surface area contributed by atoms with Crippen LogP contribution in [0.4, 0.5) is 0 Å². The fraction of sp³-hybridized carbons (Fsp3) is 0.556. The molecule has 0 aliphatic heterocycles. The smallest absolute Gasteiger partial charge is 0.0612 e. The van der Waals surface area contributed by atoms with E-state index in [1.165, 1.54) is 0 Å². The molecule has 0 aromatic carbocycles. The SMILES string of the molecule is CCCC(O)Cc1cnccn1. The van der Waals surface area contributed by atoms with Gasteiger partial charge in [0, 0.05) is 25.0 Å². The fourth-order valence-electron chi connectivity index (χ4n) is 1.11. The van der Waals surface area contributed by atoms with Crippen LogP contribution >= 0.6 is 0 Å². The zero-order valence-corrected chi connectivity index (χ0v) is 7.27. The molecule has 66 valence electrons. The quantitative estimate of drug-likeness (QED) is 0.730. The summed E-state index contributed by atoms with van der Waals surface area (Å²) in [5.41, 5.74) is 0.860. The van der Waals surface area contributed by atoms with Gasteiger partial charge >= 0.3 is 0 Å². The van der Waals surface area contributed by atoms with Crippen molar-refractivity contribution in [3.63, 3.8) is 0 Å². The van der Waals surface area contributed by atoms with Gasteiger partial charge in [-0.2, -0.15) is 0 Å². The number of rotatable bonds is 4. The molecular weight excluding hydrogens is 152 g/mol. The van der Waals surface area contributed by atoms with Crippen LogP contribution in [0.25, 0.3) is 0 Å². The average molecular weight is 166 g/mol. The van der Waals surface area contributed by atoms with Crippen molar-refractivity contribution < 1.29 is 5.11 Å². The van der Waals surface area contributed by atoms with E-state index in [0.29, 0.717) is 6.42 Å². The maximum absolute atomic E-state index is 9.43. The lowest BCUT2D eigenvalue weighted by Crippen LogP contribution is -2.10.